The SMILES string of the molecule is CCC(=C(CCCC(C)(P(=O)(OC(C)C)OC(C)C)P(=O)(OC(C)C)OC(C)C)c1ccc(OC)cc1)c1ccc(OC)cc1. The van der Waals surface area contributed by atoms with Gasteiger partial charge in [0, 0.05) is 0 Å². The van der Waals surface area contributed by atoms with E-state index in [2.05, 4.69) is 31.2 Å². The van der Waals surface area contributed by atoms with E-state index in [1.54, 1.807) is 76.5 Å². The van der Waals surface area contributed by atoms with Crippen LogP contribution in [-0.4, -0.2) is 43.5 Å². The third-order valence-electron chi connectivity index (χ3n) is 7.25. The van der Waals surface area contributed by atoms with Crippen molar-refractivity contribution >= 4 is 26.3 Å². The van der Waals surface area contributed by atoms with E-state index >= 15 is 0 Å². The zero-order chi connectivity index (χ0) is 34.0. The van der Waals surface area contributed by atoms with Gasteiger partial charge in [0.2, 0.25) is 0 Å². The standard InChI is InChI=1S/C35H56O8P2/c1-13-33(29-16-20-31(38-11)21-17-29)34(30-18-22-32(39-12)23-19-30)15-14-24-35(10,44(36,40-25(2)3)41-26(4)5)45(37,42-27(6)7)43-28(8)9/h16-23,25-28H,13-15,24H2,1-12H3. The van der Waals surface area contributed by atoms with Gasteiger partial charge in [-0.15, -0.1) is 0 Å². The van der Waals surface area contributed by atoms with Crippen molar-refractivity contribution in [1.82, 2.24) is 0 Å². The van der Waals surface area contributed by atoms with E-state index in [1.807, 2.05) is 24.3 Å². The minimum Gasteiger partial charge on any atom is -0.497 e. The Morgan fingerprint density at radius 3 is 1.24 bits per heavy atom. The summed E-state index contributed by atoms with van der Waals surface area (Å²) >= 11 is 0. The molecule has 0 heterocycles. The molecule has 254 valence electrons. The van der Waals surface area contributed by atoms with Crippen LogP contribution in [-0.2, 0) is 27.2 Å². The summed E-state index contributed by atoms with van der Waals surface area (Å²) in [5.74, 6) is 1.55. The van der Waals surface area contributed by atoms with Gasteiger partial charge in [-0.3, -0.25) is 9.13 Å². The Kier molecular flexibility index (Phi) is 15.1. The van der Waals surface area contributed by atoms with Crippen LogP contribution in [0.15, 0.2) is 48.5 Å². The number of rotatable bonds is 19. The van der Waals surface area contributed by atoms with Crippen molar-refractivity contribution in [2.24, 2.45) is 0 Å². The summed E-state index contributed by atoms with van der Waals surface area (Å²) in [5.41, 5.74) is 4.43. The predicted octanol–water partition coefficient (Wildman–Crippen LogP) is 11.0. The molecule has 0 N–H and O–H groups in total. The topological polar surface area (TPSA) is 89.5 Å². The van der Waals surface area contributed by atoms with E-state index in [0.717, 1.165) is 34.6 Å². The second-order valence-electron chi connectivity index (χ2n) is 12.4. The number of ether oxygens (including phenoxy) is 2. The molecule has 0 spiro atoms. The van der Waals surface area contributed by atoms with Gasteiger partial charge in [0.25, 0.3) is 0 Å². The summed E-state index contributed by atoms with van der Waals surface area (Å²) < 4.78 is 65.2. The van der Waals surface area contributed by atoms with Gasteiger partial charge in [0.05, 0.1) is 38.6 Å². The largest absolute Gasteiger partial charge is 0.497 e. The molecule has 45 heavy (non-hydrogen) atoms. The minimum absolute atomic E-state index is 0.208. The number of allylic oxidation sites excluding steroid dienone is 2. The second-order valence-corrected chi connectivity index (χ2v) is 17.6. The molecule has 10 heteroatoms. The molecule has 0 unspecified atom stereocenters. The highest BCUT2D eigenvalue weighted by atomic mass is 31.2. The summed E-state index contributed by atoms with van der Waals surface area (Å²) in [6.45, 7) is 18.2. The van der Waals surface area contributed by atoms with Crippen LogP contribution in [0.4, 0.5) is 0 Å². The van der Waals surface area contributed by atoms with Crippen molar-refractivity contribution < 1.29 is 36.7 Å². The van der Waals surface area contributed by atoms with Crippen LogP contribution in [0.5, 0.6) is 11.5 Å². The smallest absolute Gasteiger partial charge is 0.349 e. The Balaban J connectivity index is 2.73. The Hall–Kier alpha value is -1.92. The monoisotopic (exact) mass is 666 g/mol. The maximum Gasteiger partial charge on any atom is 0.349 e. The highest BCUT2D eigenvalue weighted by Gasteiger charge is 2.63. The second kappa shape index (κ2) is 17.3. The summed E-state index contributed by atoms with van der Waals surface area (Å²) in [4.78, 5) is -1.58. The van der Waals surface area contributed by atoms with Crippen molar-refractivity contribution in [1.29, 1.82) is 0 Å². The highest BCUT2D eigenvalue weighted by molar-refractivity contribution is 7.74. The lowest BCUT2D eigenvalue weighted by atomic mass is 9.89. The average Bonchev–Trinajstić information content (AvgIpc) is 2.95. The Morgan fingerprint density at radius 1 is 0.622 bits per heavy atom. The first-order chi connectivity index (χ1) is 21.0. The molecule has 8 nitrogen and oxygen atoms in total. The van der Waals surface area contributed by atoms with E-state index in [4.69, 9.17) is 27.6 Å². The van der Waals surface area contributed by atoms with Crippen molar-refractivity contribution in [3.05, 3.63) is 59.7 Å². The van der Waals surface area contributed by atoms with Crippen molar-refractivity contribution in [3.63, 3.8) is 0 Å². The maximum atomic E-state index is 14.9. The Bertz CT molecular complexity index is 1250. The molecule has 0 aliphatic heterocycles. The number of hydrogen-bond donors (Lipinski definition) is 0. The van der Waals surface area contributed by atoms with Gasteiger partial charge < -0.3 is 27.6 Å². The lowest BCUT2D eigenvalue weighted by Crippen LogP contribution is -2.33. The van der Waals surface area contributed by atoms with Gasteiger partial charge in [0.1, 0.15) is 11.5 Å². The third-order valence-corrected chi connectivity index (χ3v) is 14.3. The Labute approximate surface area is 272 Å². The van der Waals surface area contributed by atoms with Gasteiger partial charge in [-0.2, -0.15) is 0 Å². The summed E-state index contributed by atoms with van der Waals surface area (Å²) in [6.07, 6.45) is 0.311. The van der Waals surface area contributed by atoms with Gasteiger partial charge in [-0.25, -0.2) is 0 Å². The molecule has 0 saturated heterocycles. The molecular weight excluding hydrogens is 610 g/mol. The van der Waals surface area contributed by atoms with Crippen molar-refractivity contribution in [3.8, 4) is 11.5 Å². The fourth-order valence-electron chi connectivity index (χ4n) is 5.28. The van der Waals surface area contributed by atoms with Gasteiger partial charge in [-0.05, 0) is 135 Å². The molecular formula is C35H56O8P2. The number of methoxy groups -OCH3 is 2. The molecule has 0 atom stereocenters. The highest BCUT2D eigenvalue weighted by Crippen LogP contribution is 2.80. The van der Waals surface area contributed by atoms with E-state index in [0.29, 0.717) is 12.8 Å². The first-order valence-electron chi connectivity index (χ1n) is 16.0. The van der Waals surface area contributed by atoms with Crippen molar-refractivity contribution in [2.75, 3.05) is 14.2 Å². The Morgan fingerprint density at radius 2 is 0.956 bits per heavy atom. The quantitative estimate of drug-likeness (QED) is 0.108. The van der Waals surface area contributed by atoms with Crippen LogP contribution in [0.3, 0.4) is 0 Å². The van der Waals surface area contributed by atoms with Crippen LogP contribution < -0.4 is 9.47 Å². The summed E-state index contributed by atoms with van der Waals surface area (Å²) in [5, 5.41) is 0. The zero-order valence-corrected chi connectivity index (χ0v) is 31.2. The third kappa shape index (κ3) is 10.3. The molecule has 0 bridgehead atoms. The first kappa shape index (κ1) is 39.3. The van der Waals surface area contributed by atoms with Crippen LogP contribution in [0.1, 0.15) is 106 Å². The average molecular weight is 667 g/mol. The fourth-order valence-corrected chi connectivity index (χ4v) is 11.1. The summed E-state index contributed by atoms with van der Waals surface area (Å²) in [6, 6.07) is 16.0. The molecule has 2 aromatic rings. The first-order valence-corrected chi connectivity index (χ1v) is 19.1. The van der Waals surface area contributed by atoms with Gasteiger partial charge >= 0.3 is 15.2 Å². The molecule has 0 saturated carbocycles. The van der Waals surface area contributed by atoms with E-state index in [1.165, 1.54) is 5.57 Å². The molecule has 2 aromatic carbocycles. The van der Waals surface area contributed by atoms with Crippen LogP contribution in [0.2, 0.25) is 0 Å². The van der Waals surface area contributed by atoms with Gasteiger partial charge in [0.15, 0.2) is 4.90 Å². The predicted molar refractivity (Wildman–Crippen MR) is 185 cm³/mol. The van der Waals surface area contributed by atoms with Crippen LogP contribution >= 0.6 is 15.2 Å². The molecule has 0 radical (unpaired) electrons. The molecule has 2 rings (SSSR count). The molecule has 0 aliphatic carbocycles. The lowest BCUT2D eigenvalue weighted by Gasteiger charge is -2.42. The van der Waals surface area contributed by atoms with Crippen LogP contribution in [0, 0.1) is 0 Å². The number of benzene rings is 2. The fraction of sp³-hybridized carbons (Fsp3) is 0.600. The summed E-state index contributed by atoms with van der Waals surface area (Å²) in [7, 11) is -4.87. The molecule has 0 amide bonds. The minimum atomic E-state index is -4.09. The molecule has 0 aliphatic rings. The van der Waals surface area contributed by atoms with Gasteiger partial charge in [-0.1, -0.05) is 31.2 Å². The molecule has 0 fully saturated rings. The van der Waals surface area contributed by atoms with E-state index in [9.17, 15) is 9.13 Å². The van der Waals surface area contributed by atoms with E-state index < -0.39 is 44.5 Å². The van der Waals surface area contributed by atoms with E-state index in [-0.39, 0.29) is 6.42 Å². The normalized spacial score (nSPS) is 13.6. The zero-order valence-electron chi connectivity index (χ0n) is 29.4. The lowest BCUT2D eigenvalue weighted by molar-refractivity contribution is 0.109. The number of hydrogen-bond acceptors (Lipinski definition) is 8. The molecule has 0 aromatic heterocycles. The van der Waals surface area contributed by atoms with Crippen LogP contribution in [0.25, 0.3) is 11.1 Å². The van der Waals surface area contributed by atoms with Crippen molar-refractivity contribution in [2.45, 2.75) is 124 Å². The maximum absolute atomic E-state index is 14.9.